The second-order valence-corrected chi connectivity index (χ2v) is 5.95. The Morgan fingerprint density at radius 3 is 3.00 bits per heavy atom. The molecule has 21 heavy (non-hydrogen) atoms. The minimum Gasteiger partial charge on any atom is -0.382 e. The molecule has 2 heterocycles. The number of hydrogen-bond acceptors (Lipinski definition) is 6. The molecule has 0 bridgehead atoms. The van der Waals surface area contributed by atoms with Crippen LogP contribution in [0.3, 0.4) is 0 Å². The summed E-state index contributed by atoms with van der Waals surface area (Å²) in [6.45, 7) is 3.22. The highest BCUT2D eigenvalue weighted by Crippen LogP contribution is 2.25. The lowest BCUT2D eigenvalue weighted by Gasteiger charge is -2.13. The van der Waals surface area contributed by atoms with E-state index in [1.54, 1.807) is 19.4 Å². The SMILES string of the molecule is Cc1nc2c(s1)C(=O)C=C(NCCCn1ccnc1)C2=O. The molecular weight excluding hydrogens is 288 g/mol. The van der Waals surface area contributed by atoms with Gasteiger partial charge in [0.2, 0.25) is 5.78 Å². The van der Waals surface area contributed by atoms with Crippen molar-refractivity contribution < 1.29 is 9.59 Å². The molecule has 0 amide bonds. The number of nitrogens with zero attached hydrogens (tertiary/aromatic N) is 3. The molecule has 0 aromatic carbocycles. The smallest absolute Gasteiger partial charge is 0.228 e. The first-order chi connectivity index (χ1) is 10.1. The third-order valence-electron chi connectivity index (χ3n) is 3.16. The fourth-order valence-electron chi connectivity index (χ4n) is 2.17. The summed E-state index contributed by atoms with van der Waals surface area (Å²) >= 11 is 1.27. The Bertz CT molecular complexity index is 715. The largest absolute Gasteiger partial charge is 0.382 e. The number of carbonyl (C=O) groups is 2. The number of aryl methyl sites for hydroxylation is 2. The lowest BCUT2D eigenvalue weighted by Crippen LogP contribution is -2.27. The van der Waals surface area contributed by atoms with Gasteiger partial charge >= 0.3 is 0 Å². The molecular formula is C14H14N4O2S. The average molecular weight is 302 g/mol. The van der Waals surface area contributed by atoms with Crippen LogP contribution in [0.15, 0.2) is 30.5 Å². The van der Waals surface area contributed by atoms with Crippen LogP contribution in [0.2, 0.25) is 0 Å². The fraction of sp³-hybridized carbons (Fsp3) is 0.286. The van der Waals surface area contributed by atoms with Gasteiger partial charge in [0.25, 0.3) is 0 Å². The van der Waals surface area contributed by atoms with Crippen LogP contribution >= 0.6 is 11.3 Å². The van der Waals surface area contributed by atoms with Crippen LogP contribution in [0.4, 0.5) is 0 Å². The Balaban J connectivity index is 1.61. The third-order valence-corrected chi connectivity index (χ3v) is 4.15. The van der Waals surface area contributed by atoms with Gasteiger partial charge in [-0.25, -0.2) is 9.97 Å². The number of imidazole rings is 1. The number of hydrogen-bond donors (Lipinski definition) is 1. The normalized spacial score (nSPS) is 14.0. The number of Topliss-reactive ketones (excluding diaryl/α,β-unsaturated/α-hetero) is 1. The Morgan fingerprint density at radius 2 is 2.24 bits per heavy atom. The highest BCUT2D eigenvalue weighted by atomic mass is 32.1. The topological polar surface area (TPSA) is 76.9 Å². The summed E-state index contributed by atoms with van der Waals surface area (Å²) in [5.41, 5.74) is 0.616. The summed E-state index contributed by atoms with van der Waals surface area (Å²) < 4.78 is 1.96. The maximum Gasteiger partial charge on any atom is 0.228 e. The van der Waals surface area contributed by atoms with Crippen molar-refractivity contribution in [3.63, 3.8) is 0 Å². The molecule has 6 nitrogen and oxygen atoms in total. The zero-order valence-corrected chi connectivity index (χ0v) is 12.3. The Kier molecular flexibility index (Phi) is 3.66. The zero-order chi connectivity index (χ0) is 14.8. The van der Waals surface area contributed by atoms with E-state index < -0.39 is 0 Å². The van der Waals surface area contributed by atoms with E-state index in [1.165, 1.54) is 17.4 Å². The van der Waals surface area contributed by atoms with Gasteiger partial charge in [0, 0.05) is 31.6 Å². The first kappa shape index (κ1) is 13.7. The van der Waals surface area contributed by atoms with Crippen LogP contribution < -0.4 is 5.32 Å². The van der Waals surface area contributed by atoms with E-state index in [-0.39, 0.29) is 17.3 Å². The summed E-state index contributed by atoms with van der Waals surface area (Å²) in [6, 6.07) is 0. The van der Waals surface area contributed by atoms with E-state index >= 15 is 0 Å². The minimum atomic E-state index is -0.198. The molecule has 0 unspecified atom stereocenters. The maximum absolute atomic E-state index is 12.2. The number of thiazole rings is 1. The number of rotatable bonds is 5. The number of nitrogens with one attached hydrogen (secondary N) is 1. The van der Waals surface area contributed by atoms with Crippen molar-refractivity contribution in [2.45, 2.75) is 19.9 Å². The predicted octanol–water partition coefficient (Wildman–Crippen LogP) is 1.59. The van der Waals surface area contributed by atoms with Crippen LogP contribution in [0, 0.1) is 6.92 Å². The zero-order valence-electron chi connectivity index (χ0n) is 11.5. The van der Waals surface area contributed by atoms with Crippen LogP contribution in [0.5, 0.6) is 0 Å². The lowest BCUT2D eigenvalue weighted by molar-refractivity contribution is 0.0977. The molecule has 1 aliphatic rings. The molecule has 1 aliphatic carbocycles. The van der Waals surface area contributed by atoms with Gasteiger partial charge in [0.15, 0.2) is 5.78 Å². The van der Waals surface area contributed by atoms with E-state index in [2.05, 4.69) is 15.3 Å². The highest BCUT2D eigenvalue weighted by Gasteiger charge is 2.29. The predicted molar refractivity (Wildman–Crippen MR) is 78.4 cm³/mol. The van der Waals surface area contributed by atoms with Crippen LogP contribution in [0.25, 0.3) is 0 Å². The molecule has 0 fully saturated rings. The Hall–Kier alpha value is -2.28. The average Bonchev–Trinajstić information content (AvgIpc) is 3.09. The van der Waals surface area contributed by atoms with Crippen LogP contribution in [-0.2, 0) is 6.54 Å². The van der Waals surface area contributed by atoms with E-state index in [1.807, 2.05) is 10.8 Å². The first-order valence-corrected chi connectivity index (χ1v) is 7.44. The molecule has 0 radical (unpaired) electrons. The molecule has 1 N–H and O–H groups in total. The first-order valence-electron chi connectivity index (χ1n) is 6.63. The summed E-state index contributed by atoms with van der Waals surface area (Å²) in [7, 11) is 0. The second-order valence-electron chi connectivity index (χ2n) is 4.74. The van der Waals surface area contributed by atoms with Gasteiger partial charge < -0.3 is 9.88 Å². The molecule has 3 rings (SSSR count). The molecule has 0 saturated carbocycles. The number of aromatic nitrogens is 3. The van der Waals surface area contributed by atoms with Crippen molar-refractivity contribution in [3.05, 3.63) is 46.1 Å². The second kappa shape index (κ2) is 5.61. The third kappa shape index (κ3) is 2.78. The van der Waals surface area contributed by atoms with Crippen molar-refractivity contribution >= 4 is 22.9 Å². The number of ketones is 2. The molecule has 2 aromatic rings. The summed E-state index contributed by atoms with van der Waals surface area (Å²) in [5.74, 6) is -0.344. The molecule has 7 heteroatoms. The number of carbonyl (C=O) groups excluding carboxylic acids is 2. The van der Waals surface area contributed by atoms with E-state index in [0.717, 1.165) is 18.0 Å². The van der Waals surface area contributed by atoms with Gasteiger partial charge in [0.1, 0.15) is 10.6 Å². The quantitative estimate of drug-likeness (QED) is 0.849. The minimum absolute atomic E-state index is 0.146. The standard InChI is InChI=1S/C14H14N4O2S/c1-9-17-12-13(20)10(7-11(19)14(12)21-9)16-3-2-5-18-6-4-15-8-18/h4,6-8,16H,2-3,5H2,1H3. The van der Waals surface area contributed by atoms with Crippen molar-refractivity contribution in [1.29, 1.82) is 0 Å². The molecule has 0 aliphatic heterocycles. The molecule has 108 valence electrons. The molecule has 2 aromatic heterocycles. The highest BCUT2D eigenvalue weighted by molar-refractivity contribution is 7.14. The van der Waals surface area contributed by atoms with Gasteiger partial charge in [-0.2, -0.15) is 0 Å². The molecule has 0 atom stereocenters. The van der Waals surface area contributed by atoms with Crippen LogP contribution in [0.1, 0.15) is 31.6 Å². The number of allylic oxidation sites excluding steroid dienone is 2. The van der Waals surface area contributed by atoms with Gasteiger partial charge in [-0.1, -0.05) is 0 Å². The summed E-state index contributed by atoms with van der Waals surface area (Å²) in [4.78, 5) is 32.8. The van der Waals surface area contributed by atoms with Crippen LogP contribution in [-0.4, -0.2) is 32.6 Å². The van der Waals surface area contributed by atoms with E-state index in [9.17, 15) is 9.59 Å². The van der Waals surface area contributed by atoms with Crippen molar-refractivity contribution in [3.8, 4) is 0 Å². The summed E-state index contributed by atoms with van der Waals surface area (Å²) in [5, 5.41) is 3.77. The Labute approximate surface area is 125 Å². The van der Waals surface area contributed by atoms with Gasteiger partial charge in [0.05, 0.1) is 17.0 Å². The maximum atomic E-state index is 12.2. The lowest BCUT2D eigenvalue weighted by atomic mass is 10.0. The van der Waals surface area contributed by atoms with E-state index in [4.69, 9.17) is 0 Å². The van der Waals surface area contributed by atoms with Crippen molar-refractivity contribution in [2.75, 3.05) is 6.54 Å². The number of fused-ring (bicyclic) bond motifs is 1. The molecule has 0 spiro atoms. The van der Waals surface area contributed by atoms with Gasteiger partial charge in [-0.05, 0) is 13.3 Å². The molecule has 0 saturated heterocycles. The van der Waals surface area contributed by atoms with Crippen molar-refractivity contribution in [2.24, 2.45) is 0 Å². The van der Waals surface area contributed by atoms with Gasteiger partial charge in [-0.3, -0.25) is 9.59 Å². The van der Waals surface area contributed by atoms with Gasteiger partial charge in [-0.15, -0.1) is 11.3 Å². The summed E-state index contributed by atoms with van der Waals surface area (Å²) in [6.07, 6.45) is 7.57. The fourth-order valence-corrected chi connectivity index (χ4v) is 3.00. The van der Waals surface area contributed by atoms with E-state index in [0.29, 0.717) is 17.1 Å². The van der Waals surface area contributed by atoms with Crippen molar-refractivity contribution in [1.82, 2.24) is 19.9 Å². The monoisotopic (exact) mass is 302 g/mol. The Morgan fingerprint density at radius 1 is 1.38 bits per heavy atom.